The van der Waals surface area contributed by atoms with Crippen molar-refractivity contribution in [3.8, 4) is 0 Å². The van der Waals surface area contributed by atoms with E-state index in [1.165, 1.54) is 12.4 Å². The van der Waals surface area contributed by atoms with Gasteiger partial charge in [-0.3, -0.25) is 4.79 Å². The van der Waals surface area contributed by atoms with Gasteiger partial charge in [-0.05, 0) is 27.7 Å². The first-order valence-corrected chi connectivity index (χ1v) is 5.74. The van der Waals surface area contributed by atoms with Gasteiger partial charge in [-0.15, -0.1) is 0 Å². The maximum absolute atomic E-state index is 11.6. The molecule has 0 spiro atoms. The van der Waals surface area contributed by atoms with Crippen molar-refractivity contribution < 1.29 is 19.1 Å². The average Bonchev–Trinajstić information content (AvgIpc) is 2.63. The molecule has 0 radical (unpaired) electrons. The molecule has 6 nitrogen and oxygen atoms in total. The predicted molar refractivity (Wildman–Crippen MR) is 64.2 cm³/mol. The Bertz CT molecular complexity index is 432. The molecule has 0 aliphatic heterocycles. The molecule has 0 aromatic carbocycles. The third-order valence-corrected chi connectivity index (χ3v) is 1.87. The fraction of sp³-hybridized carbons (Fsp3) is 0.583. The summed E-state index contributed by atoms with van der Waals surface area (Å²) in [5.41, 5.74) is 0.0314. The van der Waals surface area contributed by atoms with Gasteiger partial charge in [0.15, 0.2) is 0 Å². The second-order valence-corrected chi connectivity index (χ2v) is 4.76. The largest absolute Gasteiger partial charge is 0.466 e. The molecule has 1 aromatic heterocycles. The van der Waals surface area contributed by atoms with Crippen molar-refractivity contribution in [2.75, 3.05) is 6.61 Å². The quantitative estimate of drug-likeness (QED) is 0.769. The van der Waals surface area contributed by atoms with Crippen LogP contribution >= 0.6 is 0 Å². The van der Waals surface area contributed by atoms with Gasteiger partial charge in [-0.2, -0.15) is 9.78 Å². The number of hydrogen-bond acceptors (Lipinski definition) is 5. The smallest absolute Gasteiger partial charge is 0.435 e. The number of esters is 1. The monoisotopic (exact) mass is 254 g/mol. The molecule has 0 aliphatic rings. The number of hydrogen-bond donors (Lipinski definition) is 0. The molecule has 0 saturated carbocycles. The van der Waals surface area contributed by atoms with Crippen LogP contribution in [0.25, 0.3) is 0 Å². The van der Waals surface area contributed by atoms with Crippen molar-refractivity contribution in [3.05, 3.63) is 18.0 Å². The standard InChI is InChI=1S/C12H18N2O4/c1-5-17-10(15)6-9-7-13-14(8-9)11(16)18-12(2,3)4/h7-8H,5-6H2,1-4H3. The van der Waals surface area contributed by atoms with Crippen LogP contribution in [0.5, 0.6) is 0 Å². The fourth-order valence-corrected chi connectivity index (χ4v) is 1.24. The second kappa shape index (κ2) is 5.66. The zero-order chi connectivity index (χ0) is 13.8. The van der Waals surface area contributed by atoms with E-state index in [2.05, 4.69) is 5.10 Å². The number of rotatable bonds is 3. The SMILES string of the molecule is CCOC(=O)Cc1cnn(C(=O)OC(C)(C)C)c1. The number of carbonyl (C=O) groups is 2. The van der Waals surface area contributed by atoms with Gasteiger partial charge in [0.1, 0.15) is 5.60 Å². The summed E-state index contributed by atoms with van der Waals surface area (Å²) < 4.78 is 11.0. The van der Waals surface area contributed by atoms with E-state index in [-0.39, 0.29) is 12.4 Å². The van der Waals surface area contributed by atoms with Gasteiger partial charge in [0, 0.05) is 11.8 Å². The van der Waals surface area contributed by atoms with E-state index >= 15 is 0 Å². The maximum Gasteiger partial charge on any atom is 0.435 e. The van der Waals surface area contributed by atoms with Crippen LogP contribution in [0.2, 0.25) is 0 Å². The molecule has 1 aromatic rings. The zero-order valence-corrected chi connectivity index (χ0v) is 11.1. The van der Waals surface area contributed by atoms with Crippen molar-refractivity contribution in [2.24, 2.45) is 0 Å². The summed E-state index contributed by atoms with van der Waals surface area (Å²) >= 11 is 0. The van der Waals surface area contributed by atoms with Crippen molar-refractivity contribution in [3.63, 3.8) is 0 Å². The number of carbonyl (C=O) groups excluding carboxylic acids is 2. The first-order chi connectivity index (χ1) is 8.31. The molecular weight excluding hydrogens is 236 g/mol. The molecule has 6 heteroatoms. The summed E-state index contributed by atoms with van der Waals surface area (Å²) in [4.78, 5) is 22.9. The van der Waals surface area contributed by atoms with Gasteiger partial charge in [0.25, 0.3) is 0 Å². The molecule has 100 valence electrons. The highest BCUT2D eigenvalue weighted by molar-refractivity contribution is 5.73. The minimum Gasteiger partial charge on any atom is -0.466 e. The van der Waals surface area contributed by atoms with Crippen molar-refractivity contribution in [1.29, 1.82) is 0 Å². The van der Waals surface area contributed by atoms with Crippen LogP contribution in [0.15, 0.2) is 12.4 Å². The van der Waals surface area contributed by atoms with Crippen molar-refractivity contribution in [2.45, 2.75) is 39.7 Å². The van der Waals surface area contributed by atoms with Gasteiger partial charge < -0.3 is 9.47 Å². The highest BCUT2D eigenvalue weighted by atomic mass is 16.6. The molecule has 0 amide bonds. The summed E-state index contributed by atoms with van der Waals surface area (Å²) in [7, 11) is 0. The van der Waals surface area contributed by atoms with Crippen molar-refractivity contribution >= 4 is 12.1 Å². The lowest BCUT2D eigenvalue weighted by molar-refractivity contribution is -0.142. The topological polar surface area (TPSA) is 70.4 Å². The van der Waals surface area contributed by atoms with Gasteiger partial charge in [-0.25, -0.2) is 4.79 Å². The van der Waals surface area contributed by atoms with Crippen LogP contribution in [0.4, 0.5) is 4.79 Å². The lowest BCUT2D eigenvalue weighted by Crippen LogP contribution is -2.27. The Labute approximate surface area is 106 Å². The minimum absolute atomic E-state index is 0.0939. The lowest BCUT2D eigenvalue weighted by Gasteiger charge is -2.18. The Morgan fingerprint density at radius 1 is 1.39 bits per heavy atom. The van der Waals surface area contributed by atoms with Crippen LogP contribution < -0.4 is 0 Å². The molecule has 0 fully saturated rings. The summed E-state index contributed by atoms with van der Waals surface area (Å²) in [6.45, 7) is 7.39. The first kappa shape index (κ1) is 14.2. The molecule has 0 atom stereocenters. The Balaban J connectivity index is 2.63. The summed E-state index contributed by atoms with van der Waals surface area (Å²) in [5.74, 6) is -0.346. The van der Waals surface area contributed by atoms with E-state index in [4.69, 9.17) is 9.47 Å². The molecule has 0 aliphatic carbocycles. The molecule has 0 bridgehead atoms. The molecular formula is C12H18N2O4. The third kappa shape index (κ3) is 4.57. The van der Waals surface area contributed by atoms with E-state index in [1.54, 1.807) is 27.7 Å². The van der Waals surface area contributed by atoms with Crippen LogP contribution in [0.1, 0.15) is 33.3 Å². The Hall–Kier alpha value is -1.85. The summed E-state index contributed by atoms with van der Waals surface area (Å²) in [6.07, 6.45) is 2.43. The highest BCUT2D eigenvalue weighted by Gasteiger charge is 2.18. The van der Waals surface area contributed by atoms with Gasteiger partial charge in [-0.1, -0.05) is 0 Å². The molecule has 1 heterocycles. The van der Waals surface area contributed by atoms with Gasteiger partial charge in [0.2, 0.25) is 0 Å². The maximum atomic E-state index is 11.6. The fourth-order valence-electron chi connectivity index (χ4n) is 1.24. The third-order valence-electron chi connectivity index (χ3n) is 1.87. The van der Waals surface area contributed by atoms with Gasteiger partial charge >= 0.3 is 12.1 Å². The Morgan fingerprint density at radius 2 is 2.06 bits per heavy atom. The van der Waals surface area contributed by atoms with Crippen LogP contribution in [0.3, 0.4) is 0 Å². The van der Waals surface area contributed by atoms with Crippen molar-refractivity contribution in [1.82, 2.24) is 9.78 Å². The van der Waals surface area contributed by atoms with Crippen LogP contribution in [0, 0.1) is 0 Å². The average molecular weight is 254 g/mol. The number of aromatic nitrogens is 2. The lowest BCUT2D eigenvalue weighted by atomic mass is 10.2. The molecule has 0 saturated heterocycles. The van der Waals surface area contributed by atoms with E-state index in [0.717, 1.165) is 4.68 Å². The number of ether oxygens (including phenoxy) is 2. The highest BCUT2D eigenvalue weighted by Crippen LogP contribution is 2.09. The van der Waals surface area contributed by atoms with Gasteiger partial charge in [0.05, 0.1) is 19.2 Å². The zero-order valence-electron chi connectivity index (χ0n) is 11.1. The van der Waals surface area contributed by atoms with E-state index in [1.807, 2.05) is 0 Å². The molecule has 18 heavy (non-hydrogen) atoms. The first-order valence-electron chi connectivity index (χ1n) is 5.74. The van der Waals surface area contributed by atoms with E-state index in [9.17, 15) is 9.59 Å². The Morgan fingerprint density at radius 3 is 2.61 bits per heavy atom. The summed E-state index contributed by atoms with van der Waals surface area (Å²) in [6, 6.07) is 0. The van der Waals surface area contributed by atoms with E-state index in [0.29, 0.717) is 12.2 Å². The molecule has 1 rings (SSSR count). The molecule has 0 unspecified atom stereocenters. The van der Waals surface area contributed by atoms with Crippen LogP contribution in [-0.2, 0) is 20.7 Å². The summed E-state index contributed by atoms with van der Waals surface area (Å²) in [5, 5.41) is 3.85. The Kier molecular flexibility index (Phi) is 4.47. The van der Waals surface area contributed by atoms with Crippen LogP contribution in [-0.4, -0.2) is 34.1 Å². The normalized spacial score (nSPS) is 11.1. The minimum atomic E-state index is -0.579. The second-order valence-electron chi connectivity index (χ2n) is 4.76. The number of nitrogens with zero attached hydrogens (tertiary/aromatic N) is 2. The van der Waals surface area contributed by atoms with E-state index < -0.39 is 11.7 Å². The predicted octanol–water partition coefficient (Wildman–Crippen LogP) is 1.77. The molecule has 0 N–H and O–H groups in total.